The molecule has 7 heteroatoms. The first-order chi connectivity index (χ1) is 11.7. The van der Waals surface area contributed by atoms with Crippen molar-refractivity contribution in [2.45, 2.75) is 78.7 Å². The Labute approximate surface area is 155 Å². The van der Waals surface area contributed by atoms with Gasteiger partial charge in [0, 0.05) is 6.54 Å². The van der Waals surface area contributed by atoms with E-state index in [2.05, 4.69) is 5.32 Å². The molecule has 0 spiro atoms. The number of carbonyl (C=O) groups is 1. The minimum atomic E-state index is -0.704. The van der Waals surface area contributed by atoms with Crippen LogP contribution in [0.4, 0.5) is 9.18 Å². The van der Waals surface area contributed by atoms with Crippen molar-refractivity contribution < 1.29 is 23.2 Å². The molecule has 0 aliphatic carbocycles. The molecule has 1 aliphatic rings. The molecule has 0 radical (unpaired) electrons. The molecule has 1 amide bonds. The van der Waals surface area contributed by atoms with E-state index >= 15 is 0 Å². The summed E-state index contributed by atoms with van der Waals surface area (Å²) in [7, 11) is -0.704. The lowest BCUT2D eigenvalue weighted by Gasteiger charge is -2.32. The fraction of sp³-hybridized carbons (Fsp3) is 0.632. The summed E-state index contributed by atoms with van der Waals surface area (Å²) < 4.78 is 31.4. The Balaban J connectivity index is 2.27. The van der Waals surface area contributed by atoms with Gasteiger partial charge in [-0.3, -0.25) is 0 Å². The van der Waals surface area contributed by atoms with E-state index in [0.29, 0.717) is 11.0 Å². The van der Waals surface area contributed by atoms with Crippen LogP contribution in [0.5, 0.6) is 0 Å². The van der Waals surface area contributed by atoms with E-state index in [9.17, 15) is 9.18 Å². The molecule has 2 rings (SSSR count). The zero-order chi connectivity index (χ0) is 19.9. The van der Waals surface area contributed by atoms with E-state index in [0.717, 1.165) is 5.56 Å². The Morgan fingerprint density at radius 1 is 1.19 bits per heavy atom. The van der Waals surface area contributed by atoms with Gasteiger partial charge in [0.2, 0.25) is 0 Å². The third-order valence-electron chi connectivity index (χ3n) is 4.79. The molecule has 0 unspecified atom stereocenters. The van der Waals surface area contributed by atoms with Gasteiger partial charge in [0.15, 0.2) is 0 Å². The number of alkyl carbamates (subject to hydrolysis) is 1. The number of aryl methyl sites for hydroxylation is 1. The molecule has 26 heavy (non-hydrogen) atoms. The molecule has 0 saturated carbocycles. The Morgan fingerprint density at radius 3 is 2.23 bits per heavy atom. The maximum absolute atomic E-state index is 14.0. The van der Waals surface area contributed by atoms with Crippen LogP contribution in [0.15, 0.2) is 12.1 Å². The van der Waals surface area contributed by atoms with Crippen LogP contribution >= 0.6 is 0 Å². The highest BCUT2D eigenvalue weighted by atomic mass is 19.1. The summed E-state index contributed by atoms with van der Waals surface area (Å²) in [6.45, 7) is 15.2. The second kappa shape index (κ2) is 6.85. The van der Waals surface area contributed by atoms with E-state index in [4.69, 9.17) is 14.0 Å². The van der Waals surface area contributed by atoms with Crippen molar-refractivity contribution in [3.8, 4) is 0 Å². The predicted molar refractivity (Wildman–Crippen MR) is 99.9 cm³/mol. The van der Waals surface area contributed by atoms with Crippen LogP contribution in [0.2, 0.25) is 0 Å². The number of halogens is 1. The molecular formula is C19H29BFNO4. The zero-order valence-corrected chi connectivity index (χ0v) is 17.0. The predicted octanol–water partition coefficient (Wildman–Crippen LogP) is 3.46. The van der Waals surface area contributed by atoms with Crippen LogP contribution in [-0.2, 0) is 20.6 Å². The molecule has 0 aromatic heterocycles. The lowest BCUT2D eigenvalue weighted by molar-refractivity contribution is 0.00578. The third kappa shape index (κ3) is 4.57. The average molecular weight is 365 g/mol. The van der Waals surface area contributed by atoms with Gasteiger partial charge >= 0.3 is 13.2 Å². The van der Waals surface area contributed by atoms with Crippen molar-refractivity contribution in [3.63, 3.8) is 0 Å². The van der Waals surface area contributed by atoms with Crippen LogP contribution < -0.4 is 10.8 Å². The van der Waals surface area contributed by atoms with Crippen LogP contribution in [0.1, 0.15) is 59.6 Å². The van der Waals surface area contributed by atoms with Crippen molar-refractivity contribution in [1.29, 1.82) is 0 Å². The zero-order valence-electron chi connectivity index (χ0n) is 17.0. The van der Waals surface area contributed by atoms with Gasteiger partial charge in [-0.1, -0.05) is 0 Å². The minimum absolute atomic E-state index is 0.195. The largest absolute Gasteiger partial charge is 0.495 e. The molecule has 1 saturated heterocycles. The Kier molecular flexibility index (Phi) is 5.46. The summed E-state index contributed by atoms with van der Waals surface area (Å²) in [5, 5.41) is 2.73. The standard InChI is InChI=1S/C19H29BFNO4/c1-12-9-13(21)10-15(20-25-18(5,6)19(7,8)26-20)14(12)11-22-16(23)24-17(2,3)4/h9-10H,11H2,1-8H3,(H,22,23). The van der Waals surface area contributed by atoms with E-state index in [1.54, 1.807) is 27.7 Å². The number of benzene rings is 1. The topological polar surface area (TPSA) is 56.8 Å². The molecule has 1 aromatic rings. The van der Waals surface area contributed by atoms with E-state index in [1.807, 2.05) is 27.7 Å². The van der Waals surface area contributed by atoms with Crippen LogP contribution in [0, 0.1) is 12.7 Å². The summed E-state index contributed by atoms with van der Waals surface area (Å²) >= 11 is 0. The Hall–Kier alpha value is -1.60. The van der Waals surface area contributed by atoms with Gasteiger partial charge in [0.1, 0.15) is 11.4 Å². The molecule has 144 valence electrons. The molecule has 1 fully saturated rings. The quantitative estimate of drug-likeness (QED) is 0.834. The average Bonchev–Trinajstić information content (AvgIpc) is 2.63. The lowest BCUT2D eigenvalue weighted by Crippen LogP contribution is -2.41. The highest BCUT2D eigenvalue weighted by Gasteiger charge is 2.52. The molecular weight excluding hydrogens is 336 g/mol. The third-order valence-corrected chi connectivity index (χ3v) is 4.79. The molecule has 1 aromatic carbocycles. The van der Waals surface area contributed by atoms with Gasteiger partial charge < -0.3 is 19.4 Å². The van der Waals surface area contributed by atoms with Crippen molar-refractivity contribution >= 4 is 18.7 Å². The van der Waals surface area contributed by atoms with Gasteiger partial charge in [-0.05, 0) is 84.1 Å². The molecule has 1 N–H and O–H groups in total. The van der Waals surface area contributed by atoms with Crippen LogP contribution in [0.3, 0.4) is 0 Å². The summed E-state index contributed by atoms with van der Waals surface area (Å²) in [6.07, 6.45) is -0.527. The SMILES string of the molecule is Cc1cc(F)cc(B2OC(C)(C)C(C)(C)O2)c1CNC(=O)OC(C)(C)C. The maximum atomic E-state index is 14.0. The van der Waals surface area contributed by atoms with Crippen molar-refractivity contribution in [2.75, 3.05) is 0 Å². The first kappa shape index (κ1) is 20.7. The summed E-state index contributed by atoms with van der Waals surface area (Å²) in [6, 6.07) is 2.84. The monoisotopic (exact) mass is 365 g/mol. The fourth-order valence-corrected chi connectivity index (χ4v) is 2.70. The van der Waals surface area contributed by atoms with Gasteiger partial charge in [0.05, 0.1) is 11.2 Å². The number of hydrogen-bond acceptors (Lipinski definition) is 4. The normalized spacial score (nSPS) is 18.7. The number of amides is 1. The summed E-state index contributed by atoms with van der Waals surface area (Å²) in [5.41, 5.74) is 0.400. The van der Waals surface area contributed by atoms with Crippen LogP contribution in [-0.4, -0.2) is 30.0 Å². The highest BCUT2D eigenvalue weighted by molar-refractivity contribution is 6.62. The smallest absolute Gasteiger partial charge is 0.444 e. The first-order valence-corrected chi connectivity index (χ1v) is 8.83. The van der Waals surface area contributed by atoms with Crippen LogP contribution in [0.25, 0.3) is 0 Å². The van der Waals surface area contributed by atoms with E-state index in [1.165, 1.54) is 12.1 Å². The lowest BCUT2D eigenvalue weighted by atomic mass is 9.74. The summed E-state index contributed by atoms with van der Waals surface area (Å²) in [5.74, 6) is -0.367. The Morgan fingerprint density at radius 2 is 1.73 bits per heavy atom. The molecule has 0 atom stereocenters. The molecule has 1 aliphatic heterocycles. The number of hydrogen-bond donors (Lipinski definition) is 1. The van der Waals surface area contributed by atoms with Crippen molar-refractivity contribution in [3.05, 3.63) is 29.1 Å². The first-order valence-electron chi connectivity index (χ1n) is 8.83. The maximum Gasteiger partial charge on any atom is 0.495 e. The van der Waals surface area contributed by atoms with E-state index < -0.39 is 30.0 Å². The van der Waals surface area contributed by atoms with Crippen molar-refractivity contribution in [1.82, 2.24) is 5.32 Å². The van der Waals surface area contributed by atoms with Gasteiger partial charge in [-0.2, -0.15) is 0 Å². The number of ether oxygens (including phenoxy) is 1. The summed E-state index contributed by atoms with van der Waals surface area (Å²) in [4.78, 5) is 12.0. The molecule has 5 nitrogen and oxygen atoms in total. The number of carbonyl (C=O) groups excluding carboxylic acids is 1. The van der Waals surface area contributed by atoms with Gasteiger partial charge in [-0.15, -0.1) is 0 Å². The Bertz CT molecular complexity index is 682. The molecule has 0 bridgehead atoms. The number of nitrogens with one attached hydrogen (secondary N) is 1. The molecule has 1 heterocycles. The van der Waals surface area contributed by atoms with Crippen molar-refractivity contribution in [2.24, 2.45) is 0 Å². The fourth-order valence-electron chi connectivity index (χ4n) is 2.70. The minimum Gasteiger partial charge on any atom is -0.444 e. The second-order valence-corrected chi connectivity index (χ2v) is 8.73. The van der Waals surface area contributed by atoms with E-state index in [-0.39, 0.29) is 12.4 Å². The highest BCUT2D eigenvalue weighted by Crippen LogP contribution is 2.36. The van der Waals surface area contributed by atoms with Gasteiger partial charge in [0.25, 0.3) is 0 Å². The second-order valence-electron chi connectivity index (χ2n) is 8.73. The number of rotatable bonds is 3. The van der Waals surface area contributed by atoms with Gasteiger partial charge in [-0.25, -0.2) is 9.18 Å².